The van der Waals surface area contributed by atoms with Gasteiger partial charge in [0.1, 0.15) is 18.0 Å². The van der Waals surface area contributed by atoms with Gasteiger partial charge in [-0.2, -0.15) is 13.6 Å². The SMILES string of the molecule is CC(=O)Nc1ccn([C@@H]2O[C@H](COP(=O)(O)OP(=O)(O)OP(=O)(O)O)C(O)[C@@H]2OC(C)=O)c(=O)n1. The van der Waals surface area contributed by atoms with Crippen molar-refractivity contribution in [2.45, 2.75) is 38.4 Å². The number of aromatic nitrogens is 2. The third-order valence-corrected chi connectivity index (χ3v) is 7.64. The number of amides is 1. The average Bonchev–Trinajstić information content (AvgIpc) is 2.92. The zero-order valence-corrected chi connectivity index (χ0v) is 20.3. The Morgan fingerprint density at radius 2 is 1.77 bits per heavy atom. The van der Waals surface area contributed by atoms with E-state index >= 15 is 0 Å². The van der Waals surface area contributed by atoms with E-state index in [9.17, 15) is 38.1 Å². The van der Waals surface area contributed by atoms with Gasteiger partial charge in [0.05, 0.1) is 6.61 Å². The van der Waals surface area contributed by atoms with Crippen molar-refractivity contribution < 1.29 is 70.6 Å². The maximum Gasteiger partial charge on any atom is 0.490 e. The topological polar surface area (TPSA) is 280 Å². The number of carbonyl (C=O) groups excluding carboxylic acids is 2. The summed E-state index contributed by atoms with van der Waals surface area (Å²) in [7, 11) is -16.9. The number of aliphatic hydroxyl groups excluding tert-OH is 1. The fraction of sp³-hybridized carbons (Fsp3) is 0.538. The van der Waals surface area contributed by atoms with Crippen LogP contribution in [0.1, 0.15) is 20.1 Å². The largest absolute Gasteiger partial charge is 0.490 e. The summed E-state index contributed by atoms with van der Waals surface area (Å²) in [5.41, 5.74) is -1.01. The standard InChI is InChI=1S/C13H20N3O16P3/c1-6(17)14-9-3-4-16(13(20)15-9)12-11(29-7(2)18)10(19)8(30-12)5-28-34(24,25)32-35(26,27)31-33(21,22)23/h3-4,8,10-12,19H,5H2,1-2H3,(H,24,25)(H,26,27)(H2,21,22,23)(H,14,15,17,20)/t8-,10?,11+,12-/m1/s1. The van der Waals surface area contributed by atoms with Gasteiger partial charge in [-0.1, -0.05) is 0 Å². The first-order valence-electron chi connectivity index (χ1n) is 9.05. The molecule has 0 aromatic carbocycles. The van der Waals surface area contributed by atoms with Crippen molar-refractivity contribution in [2.75, 3.05) is 11.9 Å². The monoisotopic (exact) mass is 567 g/mol. The Kier molecular flexibility index (Phi) is 9.27. The number of phosphoric ester groups is 1. The lowest BCUT2D eigenvalue weighted by Gasteiger charge is -2.21. The second-order valence-corrected chi connectivity index (χ2v) is 11.1. The fourth-order valence-electron chi connectivity index (χ4n) is 2.73. The van der Waals surface area contributed by atoms with Crippen molar-refractivity contribution in [1.29, 1.82) is 0 Å². The van der Waals surface area contributed by atoms with E-state index in [4.69, 9.17) is 24.2 Å². The van der Waals surface area contributed by atoms with Crippen LogP contribution in [0.5, 0.6) is 0 Å². The highest BCUT2D eigenvalue weighted by molar-refractivity contribution is 7.66. The number of aliphatic hydroxyl groups is 1. The molecule has 0 bridgehead atoms. The molecule has 1 aliphatic heterocycles. The van der Waals surface area contributed by atoms with Crippen LogP contribution in [0.15, 0.2) is 17.1 Å². The summed E-state index contributed by atoms with van der Waals surface area (Å²) < 4.78 is 56.6. The average molecular weight is 567 g/mol. The number of carbonyl (C=O) groups is 2. The Balaban J connectivity index is 2.20. The number of esters is 1. The minimum Gasteiger partial charge on any atom is -0.455 e. The van der Waals surface area contributed by atoms with Crippen molar-refractivity contribution >= 4 is 41.2 Å². The van der Waals surface area contributed by atoms with Gasteiger partial charge < -0.3 is 39.5 Å². The molecule has 3 unspecified atom stereocenters. The minimum absolute atomic E-state index is 0.120. The molecule has 1 aromatic rings. The second-order valence-electron chi connectivity index (χ2n) is 6.70. The molecule has 1 amide bonds. The van der Waals surface area contributed by atoms with Gasteiger partial charge >= 0.3 is 35.1 Å². The number of rotatable bonds is 10. The van der Waals surface area contributed by atoms with Crippen LogP contribution in [-0.2, 0) is 45.9 Å². The van der Waals surface area contributed by atoms with Crippen LogP contribution in [0.25, 0.3) is 0 Å². The Morgan fingerprint density at radius 3 is 2.29 bits per heavy atom. The van der Waals surface area contributed by atoms with E-state index in [0.717, 1.165) is 17.7 Å². The number of ether oxygens (including phenoxy) is 2. The number of phosphoric acid groups is 3. The van der Waals surface area contributed by atoms with E-state index in [0.29, 0.717) is 0 Å². The van der Waals surface area contributed by atoms with Gasteiger partial charge in [0, 0.05) is 20.0 Å². The van der Waals surface area contributed by atoms with Gasteiger partial charge in [0.25, 0.3) is 0 Å². The number of hydrogen-bond acceptors (Lipinski definition) is 13. The van der Waals surface area contributed by atoms with Crippen LogP contribution >= 0.6 is 23.5 Å². The van der Waals surface area contributed by atoms with Gasteiger partial charge in [-0.3, -0.25) is 18.7 Å². The fourth-order valence-corrected chi connectivity index (χ4v) is 5.76. The molecule has 198 valence electrons. The first-order valence-corrected chi connectivity index (χ1v) is 13.6. The first-order chi connectivity index (χ1) is 15.9. The summed E-state index contributed by atoms with van der Waals surface area (Å²) in [4.78, 5) is 74.3. The molecule has 6 N–H and O–H groups in total. The highest BCUT2D eigenvalue weighted by atomic mass is 31.3. The van der Waals surface area contributed by atoms with E-state index < -0.39 is 72.2 Å². The van der Waals surface area contributed by atoms with Crippen LogP contribution in [0.4, 0.5) is 5.82 Å². The van der Waals surface area contributed by atoms with E-state index in [-0.39, 0.29) is 5.82 Å². The molecule has 2 heterocycles. The summed E-state index contributed by atoms with van der Waals surface area (Å²) in [5.74, 6) is -1.55. The van der Waals surface area contributed by atoms with Gasteiger partial charge in [-0.15, -0.1) is 0 Å². The predicted molar refractivity (Wildman–Crippen MR) is 108 cm³/mol. The molecule has 0 aliphatic carbocycles. The quantitative estimate of drug-likeness (QED) is 0.142. The molecule has 2 rings (SSSR count). The van der Waals surface area contributed by atoms with E-state index in [1.165, 1.54) is 13.0 Å². The molecule has 19 nitrogen and oxygen atoms in total. The molecule has 35 heavy (non-hydrogen) atoms. The van der Waals surface area contributed by atoms with Crippen LogP contribution in [0.3, 0.4) is 0 Å². The number of anilines is 1. The summed E-state index contributed by atoms with van der Waals surface area (Å²) in [6, 6.07) is 1.18. The summed E-state index contributed by atoms with van der Waals surface area (Å²) in [6.45, 7) is 1.07. The molecule has 1 saturated heterocycles. The Labute approximate surface area is 195 Å². The lowest BCUT2D eigenvalue weighted by molar-refractivity contribution is -0.156. The third-order valence-electron chi connectivity index (χ3n) is 3.84. The Hall–Kier alpha value is -1.85. The molecule has 1 aliphatic rings. The van der Waals surface area contributed by atoms with Gasteiger partial charge in [0.2, 0.25) is 5.91 Å². The Bertz CT molecular complexity index is 1160. The maximum absolute atomic E-state index is 12.4. The van der Waals surface area contributed by atoms with Crippen molar-refractivity contribution in [3.05, 3.63) is 22.7 Å². The van der Waals surface area contributed by atoms with E-state index in [1.54, 1.807) is 0 Å². The third kappa shape index (κ3) is 8.95. The van der Waals surface area contributed by atoms with Crippen LogP contribution in [0, 0.1) is 0 Å². The summed E-state index contributed by atoms with van der Waals surface area (Å²) >= 11 is 0. The number of nitrogens with zero attached hydrogens (tertiary/aromatic N) is 2. The minimum atomic E-state index is -5.78. The molecular weight excluding hydrogens is 547 g/mol. The number of hydrogen-bond donors (Lipinski definition) is 6. The molecule has 6 atom stereocenters. The smallest absolute Gasteiger partial charge is 0.455 e. The molecule has 0 radical (unpaired) electrons. The van der Waals surface area contributed by atoms with Crippen LogP contribution in [-0.4, -0.2) is 71.0 Å². The van der Waals surface area contributed by atoms with E-state index in [1.807, 2.05) is 0 Å². The highest BCUT2D eigenvalue weighted by Crippen LogP contribution is 2.66. The van der Waals surface area contributed by atoms with E-state index in [2.05, 4.69) is 23.4 Å². The molecule has 22 heteroatoms. The summed E-state index contributed by atoms with van der Waals surface area (Å²) in [5, 5.41) is 12.7. The lowest BCUT2D eigenvalue weighted by atomic mass is 10.1. The Morgan fingerprint density at radius 1 is 1.14 bits per heavy atom. The van der Waals surface area contributed by atoms with Gasteiger partial charge in [-0.05, 0) is 6.07 Å². The predicted octanol–water partition coefficient (Wildman–Crippen LogP) is -1.27. The van der Waals surface area contributed by atoms with Gasteiger partial charge in [-0.25, -0.2) is 18.5 Å². The molecule has 0 spiro atoms. The second kappa shape index (κ2) is 11.0. The van der Waals surface area contributed by atoms with Crippen molar-refractivity contribution in [2.24, 2.45) is 0 Å². The molecule has 0 saturated carbocycles. The van der Waals surface area contributed by atoms with Gasteiger partial charge in [0.15, 0.2) is 12.3 Å². The van der Waals surface area contributed by atoms with Crippen molar-refractivity contribution in [3.8, 4) is 0 Å². The molecule has 1 aromatic heterocycles. The highest BCUT2D eigenvalue weighted by Gasteiger charge is 2.49. The van der Waals surface area contributed by atoms with Crippen molar-refractivity contribution in [1.82, 2.24) is 9.55 Å². The summed E-state index contributed by atoms with van der Waals surface area (Å²) in [6.07, 6.45) is -5.45. The van der Waals surface area contributed by atoms with Crippen LogP contribution in [0.2, 0.25) is 0 Å². The lowest BCUT2D eigenvalue weighted by Crippen LogP contribution is -2.39. The normalized spacial score (nSPS) is 25.9. The molecule has 1 fully saturated rings. The van der Waals surface area contributed by atoms with Crippen molar-refractivity contribution in [3.63, 3.8) is 0 Å². The zero-order valence-electron chi connectivity index (χ0n) is 17.6. The van der Waals surface area contributed by atoms with Crippen LogP contribution < -0.4 is 11.0 Å². The molecular formula is C13H20N3O16P3. The zero-order chi connectivity index (χ0) is 26.8. The maximum atomic E-state index is 12.4. The first kappa shape index (κ1) is 29.4. The number of nitrogens with one attached hydrogen (secondary N) is 1.